The maximum Gasteiger partial charge on any atom is 0.251 e. The topological polar surface area (TPSA) is 79.5 Å². The summed E-state index contributed by atoms with van der Waals surface area (Å²) in [6.07, 6.45) is 5.51. The van der Waals surface area contributed by atoms with Gasteiger partial charge in [-0.15, -0.1) is 0 Å². The molecule has 168 valence electrons. The van der Waals surface area contributed by atoms with Crippen LogP contribution in [0.2, 0.25) is 0 Å². The van der Waals surface area contributed by atoms with E-state index in [2.05, 4.69) is 22.9 Å². The van der Waals surface area contributed by atoms with Gasteiger partial charge in [-0.25, -0.2) is 0 Å². The van der Waals surface area contributed by atoms with Crippen molar-refractivity contribution >= 4 is 23.2 Å². The van der Waals surface area contributed by atoms with Crippen molar-refractivity contribution in [2.24, 2.45) is 0 Å². The fourth-order valence-corrected chi connectivity index (χ4v) is 2.95. The van der Waals surface area contributed by atoms with Crippen molar-refractivity contribution in [3.8, 4) is 5.75 Å². The molecular weight excluding hydrogens is 390 g/mol. The van der Waals surface area contributed by atoms with Gasteiger partial charge in [-0.3, -0.25) is 9.59 Å². The van der Waals surface area contributed by atoms with E-state index >= 15 is 0 Å². The molecule has 0 radical (unpaired) electrons. The molecule has 0 saturated carbocycles. The zero-order chi connectivity index (χ0) is 22.5. The summed E-state index contributed by atoms with van der Waals surface area (Å²) >= 11 is 0. The molecule has 0 fully saturated rings. The van der Waals surface area contributed by atoms with E-state index in [0.29, 0.717) is 17.9 Å². The third kappa shape index (κ3) is 9.11. The number of hydrogen-bond acceptors (Lipinski definition) is 4. The van der Waals surface area contributed by atoms with E-state index in [0.717, 1.165) is 24.3 Å². The lowest BCUT2D eigenvalue weighted by molar-refractivity contribution is -0.114. The summed E-state index contributed by atoms with van der Waals surface area (Å²) in [4.78, 5) is 24.6. The van der Waals surface area contributed by atoms with Gasteiger partial charge in [0.15, 0.2) is 0 Å². The van der Waals surface area contributed by atoms with Crippen molar-refractivity contribution in [1.82, 2.24) is 5.32 Å². The molecule has 0 aliphatic heterocycles. The van der Waals surface area contributed by atoms with Gasteiger partial charge in [0.05, 0.1) is 13.2 Å². The predicted octanol–water partition coefficient (Wildman–Crippen LogP) is 5.22. The smallest absolute Gasteiger partial charge is 0.251 e. The maximum absolute atomic E-state index is 12.3. The van der Waals surface area contributed by atoms with Crippen LogP contribution in [0, 0.1) is 0 Å². The molecule has 0 bridgehead atoms. The Morgan fingerprint density at radius 2 is 1.74 bits per heavy atom. The SMILES string of the molecule is CCCCCCOc1cccc(NCC(=O)Nc2cccc(C(=O)NC(C)CC)c2)c1. The van der Waals surface area contributed by atoms with E-state index in [1.54, 1.807) is 24.3 Å². The molecule has 0 spiro atoms. The van der Waals surface area contributed by atoms with Gasteiger partial charge in [0.1, 0.15) is 5.75 Å². The minimum Gasteiger partial charge on any atom is -0.494 e. The summed E-state index contributed by atoms with van der Waals surface area (Å²) in [5, 5.41) is 8.87. The molecule has 0 aliphatic rings. The van der Waals surface area contributed by atoms with E-state index in [-0.39, 0.29) is 24.4 Å². The fraction of sp³-hybridized carbons (Fsp3) is 0.440. The molecule has 2 aromatic rings. The third-order valence-corrected chi connectivity index (χ3v) is 4.95. The second-order valence-electron chi connectivity index (χ2n) is 7.70. The van der Waals surface area contributed by atoms with Gasteiger partial charge >= 0.3 is 0 Å². The summed E-state index contributed by atoms with van der Waals surface area (Å²) in [5.41, 5.74) is 1.94. The quantitative estimate of drug-likeness (QED) is 0.384. The number of ether oxygens (including phenoxy) is 1. The highest BCUT2D eigenvalue weighted by Gasteiger charge is 2.10. The van der Waals surface area contributed by atoms with Crippen LogP contribution in [0.25, 0.3) is 0 Å². The molecule has 0 saturated heterocycles. The summed E-state index contributed by atoms with van der Waals surface area (Å²) in [6, 6.07) is 14.7. The molecule has 0 heterocycles. The number of carbonyl (C=O) groups excluding carboxylic acids is 2. The Kier molecular flexibility index (Phi) is 10.4. The highest BCUT2D eigenvalue weighted by molar-refractivity contribution is 5.98. The van der Waals surface area contributed by atoms with Crippen molar-refractivity contribution in [2.45, 2.75) is 58.9 Å². The van der Waals surface area contributed by atoms with E-state index in [1.165, 1.54) is 19.3 Å². The Bertz CT molecular complexity index is 838. The Hall–Kier alpha value is -3.02. The summed E-state index contributed by atoms with van der Waals surface area (Å²) < 4.78 is 5.79. The van der Waals surface area contributed by atoms with E-state index in [9.17, 15) is 9.59 Å². The van der Waals surface area contributed by atoms with Crippen LogP contribution < -0.4 is 20.7 Å². The van der Waals surface area contributed by atoms with Gasteiger partial charge in [0.2, 0.25) is 5.91 Å². The standard InChI is InChI=1S/C25H35N3O3/c1-4-6-7-8-15-31-23-14-10-12-21(17-23)26-18-24(29)28-22-13-9-11-20(16-22)25(30)27-19(3)5-2/h9-14,16-17,19,26H,4-8,15,18H2,1-3H3,(H,27,30)(H,28,29). The first-order valence-electron chi connectivity index (χ1n) is 11.2. The van der Waals surface area contributed by atoms with Gasteiger partial charge in [0, 0.05) is 29.0 Å². The summed E-state index contributed by atoms with van der Waals surface area (Å²) in [6.45, 7) is 6.98. The van der Waals surface area contributed by atoms with Crippen molar-refractivity contribution in [2.75, 3.05) is 23.8 Å². The van der Waals surface area contributed by atoms with Gasteiger partial charge in [-0.2, -0.15) is 0 Å². The molecule has 6 heteroatoms. The zero-order valence-electron chi connectivity index (χ0n) is 18.9. The maximum atomic E-state index is 12.3. The second-order valence-corrected chi connectivity index (χ2v) is 7.70. The van der Waals surface area contributed by atoms with Crippen LogP contribution in [-0.4, -0.2) is 31.0 Å². The molecule has 1 atom stereocenters. The van der Waals surface area contributed by atoms with Crippen LogP contribution in [0.15, 0.2) is 48.5 Å². The Labute approximate surface area is 185 Å². The Morgan fingerprint density at radius 1 is 0.968 bits per heavy atom. The van der Waals surface area contributed by atoms with Crippen molar-refractivity contribution < 1.29 is 14.3 Å². The van der Waals surface area contributed by atoms with Crippen LogP contribution in [0.1, 0.15) is 63.2 Å². The first-order valence-corrected chi connectivity index (χ1v) is 11.2. The minimum absolute atomic E-state index is 0.103. The van der Waals surface area contributed by atoms with Gasteiger partial charge < -0.3 is 20.7 Å². The van der Waals surface area contributed by atoms with E-state index in [1.807, 2.05) is 38.1 Å². The highest BCUT2D eigenvalue weighted by atomic mass is 16.5. The fourth-order valence-electron chi connectivity index (χ4n) is 2.95. The number of benzene rings is 2. The number of hydrogen-bond donors (Lipinski definition) is 3. The van der Waals surface area contributed by atoms with Crippen LogP contribution in [-0.2, 0) is 4.79 Å². The van der Waals surface area contributed by atoms with Crippen LogP contribution in [0.5, 0.6) is 5.75 Å². The van der Waals surface area contributed by atoms with Crippen molar-refractivity contribution in [1.29, 1.82) is 0 Å². The molecule has 1 unspecified atom stereocenters. The molecular formula is C25H35N3O3. The van der Waals surface area contributed by atoms with E-state index in [4.69, 9.17) is 4.74 Å². The lowest BCUT2D eigenvalue weighted by Gasteiger charge is -2.13. The molecule has 3 N–H and O–H groups in total. The largest absolute Gasteiger partial charge is 0.494 e. The number of carbonyl (C=O) groups is 2. The number of rotatable bonds is 13. The lowest BCUT2D eigenvalue weighted by atomic mass is 10.1. The third-order valence-electron chi connectivity index (χ3n) is 4.95. The number of unbranched alkanes of at least 4 members (excludes halogenated alkanes) is 3. The molecule has 2 amide bonds. The first-order chi connectivity index (χ1) is 15.0. The van der Waals surface area contributed by atoms with Crippen molar-refractivity contribution in [3.63, 3.8) is 0 Å². The van der Waals surface area contributed by atoms with E-state index < -0.39 is 0 Å². The molecule has 2 aromatic carbocycles. The monoisotopic (exact) mass is 425 g/mol. The molecule has 31 heavy (non-hydrogen) atoms. The molecule has 6 nitrogen and oxygen atoms in total. The first kappa shape index (κ1) is 24.3. The van der Waals surface area contributed by atoms with Crippen LogP contribution in [0.4, 0.5) is 11.4 Å². The normalized spacial score (nSPS) is 11.5. The average molecular weight is 426 g/mol. The Balaban J connectivity index is 1.82. The number of anilines is 2. The molecule has 0 aliphatic carbocycles. The predicted molar refractivity (Wildman–Crippen MR) is 127 cm³/mol. The lowest BCUT2D eigenvalue weighted by Crippen LogP contribution is -2.32. The van der Waals surface area contributed by atoms with Crippen molar-refractivity contribution in [3.05, 3.63) is 54.1 Å². The van der Waals surface area contributed by atoms with Gasteiger partial charge in [0.25, 0.3) is 5.91 Å². The van der Waals surface area contributed by atoms with Gasteiger partial charge in [-0.1, -0.05) is 45.2 Å². The molecule has 0 aromatic heterocycles. The average Bonchev–Trinajstić information content (AvgIpc) is 2.78. The van der Waals surface area contributed by atoms with Crippen LogP contribution in [0.3, 0.4) is 0 Å². The number of nitrogens with one attached hydrogen (secondary N) is 3. The highest BCUT2D eigenvalue weighted by Crippen LogP contribution is 2.18. The van der Waals surface area contributed by atoms with Crippen LogP contribution >= 0.6 is 0 Å². The number of amides is 2. The van der Waals surface area contributed by atoms with Gasteiger partial charge in [-0.05, 0) is 50.1 Å². The molecule has 2 rings (SSSR count). The zero-order valence-corrected chi connectivity index (χ0v) is 18.9. The summed E-state index contributed by atoms with van der Waals surface area (Å²) in [5.74, 6) is 0.461. The Morgan fingerprint density at radius 3 is 2.52 bits per heavy atom. The second kappa shape index (κ2) is 13.3. The minimum atomic E-state index is -0.189. The summed E-state index contributed by atoms with van der Waals surface area (Å²) in [7, 11) is 0.